The van der Waals surface area contributed by atoms with Gasteiger partial charge in [0.25, 0.3) is 0 Å². The van der Waals surface area contributed by atoms with E-state index in [9.17, 15) is 0 Å². The lowest BCUT2D eigenvalue weighted by Crippen LogP contribution is -2.24. The molecule has 3 aromatic rings. The van der Waals surface area contributed by atoms with E-state index in [1.165, 1.54) is 11.1 Å². The Morgan fingerprint density at radius 2 is 1.82 bits per heavy atom. The number of benzene rings is 2. The number of ether oxygens (including phenoxy) is 1. The van der Waals surface area contributed by atoms with Crippen molar-refractivity contribution in [2.45, 2.75) is 53.2 Å². The highest BCUT2D eigenvalue weighted by atomic mass is 35.5. The zero-order chi connectivity index (χ0) is 20.1. The minimum atomic E-state index is 0.0822. The zero-order valence-corrected chi connectivity index (χ0v) is 17.6. The number of rotatable bonds is 8. The van der Waals surface area contributed by atoms with Gasteiger partial charge < -0.3 is 10.1 Å². The summed E-state index contributed by atoms with van der Waals surface area (Å²) in [5.41, 5.74) is 3.47. The summed E-state index contributed by atoms with van der Waals surface area (Å²) < 4.78 is 7.99. The second-order valence-corrected chi connectivity index (χ2v) is 7.33. The smallest absolute Gasteiger partial charge is 0.322 e. The first-order valence-corrected chi connectivity index (χ1v) is 10.1. The maximum absolute atomic E-state index is 6.13. The van der Waals surface area contributed by atoms with Gasteiger partial charge in [-0.25, -0.2) is 0 Å². The van der Waals surface area contributed by atoms with E-state index in [0.717, 1.165) is 41.7 Å². The minimum absolute atomic E-state index is 0.0822. The van der Waals surface area contributed by atoms with Crippen molar-refractivity contribution < 1.29 is 4.74 Å². The Morgan fingerprint density at radius 1 is 1.07 bits per heavy atom. The SMILES string of the molecule is CCC(NCc1ccc(Cl)c(C)c1)c1nnc(Oc2ccc(C)cc2)n1CC. The molecule has 0 radical (unpaired) electrons. The molecule has 6 heteroatoms. The monoisotopic (exact) mass is 398 g/mol. The maximum Gasteiger partial charge on any atom is 0.322 e. The van der Waals surface area contributed by atoms with Crippen LogP contribution >= 0.6 is 11.6 Å². The first-order chi connectivity index (χ1) is 13.5. The molecule has 3 rings (SSSR count). The second kappa shape index (κ2) is 9.22. The van der Waals surface area contributed by atoms with Gasteiger partial charge in [-0.15, -0.1) is 5.10 Å². The molecule has 148 valence electrons. The first kappa shape index (κ1) is 20.4. The van der Waals surface area contributed by atoms with Gasteiger partial charge in [0.15, 0.2) is 5.82 Å². The van der Waals surface area contributed by atoms with Crippen LogP contribution in [0.2, 0.25) is 5.02 Å². The molecular weight excluding hydrogens is 372 g/mol. The Kier molecular flexibility index (Phi) is 6.70. The van der Waals surface area contributed by atoms with Crippen molar-refractivity contribution in [1.29, 1.82) is 0 Å². The Balaban J connectivity index is 1.75. The fourth-order valence-corrected chi connectivity index (χ4v) is 3.24. The quantitative estimate of drug-likeness (QED) is 0.536. The van der Waals surface area contributed by atoms with Crippen LogP contribution in [0.4, 0.5) is 0 Å². The van der Waals surface area contributed by atoms with Gasteiger partial charge >= 0.3 is 6.01 Å². The number of hydrogen-bond acceptors (Lipinski definition) is 4. The number of hydrogen-bond donors (Lipinski definition) is 1. The van der Waals surface area contributed by atoms with Gasteiger partial charge in [-0.05, 0) is 56.5 Å². The molecule has 1 heterocycles. The summed E-state index contributed by atoms with van der Waals surface area (Å²) in [5.74, 6) is 1.65. The summed E-state index contributed by atoms with van der Waals surface area (Å²) in [5, 5.41) is 13.1. The van der Waals surface area contributed by atoms with Gasteiger partial charge in [0.1, 0.15) is 5.75 Å². The van der Waals surface area contributed by atoms with Crippen LogP contribution in [0, 0.1) is 13.8 Å². The normalized spacial score (nSPS) is 12.2. The van der Waals surface area contributed by atoms with Gasteiger partial charge in [-0.3, -0.25) is 4.57 Å². The maximum atomic E-state index is 6.13. The van der Waals surface area contributed by atoms with Crippen molar-refractivity contribution >= 4 is 11.6 Å². The van der Waals surface area contributed by atoms with Gasteiger partial charge in [0, 0.05) is 18.1 Å². The molecule has 1 atom stereocenters. The standard InChI is InChI=1S/C22H27ClN4O/c1-5-20(24-14-17-9-12-19(23)16(4)13-17)21-25-26-22(27(21)6-2)28-18-10-7-15(3)8-11-18/h7-13,20,24H,5-6,14H2,1-4H3. The molecule has 1 aromatic heterocycles. The molecule has 0 saturated heterocycles. The summed E-state index contributed by atoms with van der Waals surface area (Å²) in [6.07, 6.45) is 0.898. The van der Waals surface area contributed by atoms with Crippen molar-refractivity contribution in [3.8, 4) is 11.8 Å². The van der Waals surface area contributed by atoms with Crippen LogP contribution < -0.4 is 10.1 Å². The molecule has 0 fully saturated rings. The Labute approximate surface area is 171 Å². The molecule has 0 spiro atoms. The van der Waals surface area contributed by atoms with Crippen LogP contribution in [-0.2, 0) is 13.1 Å². The molecule has 0 aliphatic rings. The van der Waals surface area contributed by atoms with Crippen molar-refractivity contribution in [2.75, 3.05) is 0 Å². The molecule has 2 aromatic carbocycles. The van der Waals surface area contributed by atoms with E-state index in [0.29, 0.717) is 6.01 Å². The zero-order valence-electron chi connectivity index (χ0n) is 16.9. The Morgan fingerprint density at radius 3 is 2.46 bits per heavy atom. The van der Waals surface area contributed by atoms with Crippen LogP contribution in [0.5, 0.6) is 11.8 Å². The molecule has 0 aliphatic heterocycles. The Bertz CT molecular complexity index is 921. The summed E-state index contributed by atoms with van der Waals surface area (Å²) in [4.78, 5) is 0. The number of aromatic nitrogens is 3. The van der Waals surface area contributed by atoms with Crippen LogP contribution in [0.3, 0.4) is 0 Å². The number of nitrogens with zero attached hydrogens (tertiary/aromatic N) is 3. The van der Waals surface area contributed by atoms with Crippen LogP contribution in [0.15, 0.2) is 42.5 Å². The van der Waals surface area contributed by atoms with Gasteiger partial charge in [0.2, 0.25) is 0 Å². The van der Waals surface area contributed by atoms with E-state index in [1.807, 2.05) is 47.9 Å². The molecule has 5 nitrogen and oxygen atoms in total. The molecule has 0 amide bonds. The number of halogens is 1. The minimum Gasteiger partial charge on any atom is -0.424 e. The summed E-state index contributed by atoms with van der Waals surface area (Å²) in [7, 11) is 0. The third kappa shape index (κ3) is 4.72. The predicted molar refractivity (Wildman–Crippen MR) is 113 cm³/mol. The van der Waals surface area contributed by atoms with Crippen LogP contribution in [-0.4, -0.2) is 14.8 Å². The molecule has 1 N–H and O–H groups in total. The summed E-state index contributed by atoms with van der Waals surface area (Å²) in [6, 6.07) is 14.6. The lowest BCUT2D eigenvalue weighted by molar-refractivity contribution is 0.400. The predicted octanol–water partition coefficient (Wildman–Crippen LogP) is 5.60. The largest absolute Gasteiger partial charge is 0.424 e. The number of aryl methyl sites for hydroxylation is 2. The summed E-state index contributed by atoms with van der Waals surface area (Å²) in [6.45, 7) is 9.76. The average Bonchev–Trinajstić information content (AvgIpc) is 3.09. The molecular formula is C22H27ClN4O. The van der Waals surface area contributed by atoms with E-state index < -0.39 is 0 Å². The molecule has 0 saturated carbocycles. The molecule has 1 unspecified atom stereocenters. The van der Waals surface area contributed by atoms with Crippen molar-refractivity contribution in [1.82, 2.24) is 20.1 Å². The average molecular weight is 399 g/mol. The Hall–Kier alpha value is -2.37. The van der Waals surface area contributed by atoms with Gasteiger partial charge in [-0.1, -0.05) is 53.5 Å². The van der Waals surface area contributed by atoms with Crippen molar-refractivity contribution in [3.05, 3.63) is 70.0 Å². The van der Waals surface area contributed by atoms with Crippen molar-refractivity contribution in [2.24, 2.45) is 0 Å². The third-order valence-electron chi connectivity index (χ3n) is 4.79. The molecule has 0 aliphatic carbocycles. The van der Waals surface area contributed by atoms with E-state index >= 15 is 0 Å². The van der Waals surface area contributed by atoms with Crippen molar-refractivity contribution in [3.63, 3.8) is 0 Å². The first-order valence-electron chi connectivity index (χ1n) is 9.67. The van der Waals surface area contributed by atoms with E-state index in [1.54, 1.807) is 0 Å². The van der Waals surface area contributed by atoms with Gasteiger partial charge in [0.05, 0.1) is 6.04 Å². The third-order valence-corrected chi connectivity index (χ3v) is 5.21. The van der Waals surface area contributed by atoms with Crippen LogP contribution in [0.25, 0.3) is 0 Å². The highest BCUT2D eigenvalue weighted by molar-refractivity contribution is 6.31. The molecule has 28 heavy (non-hydrogen) atoms. The number of nitrogens with one attached hydrogen (secondary N) is 1. The lowest BCUT2D eigenvalue weighted by Gasteiger charge is -2.18. The van der Waals surface area contributed by atoms with Crippen LogP contribution in [0.1, 0.15) is 48.8 Å². The highest BCUT2D eigenvalue weighted by Gasteiger charge is 2.20. The fraction of sp³-hybridized carbons (Fsp3) is 0.364. The summed E-state index contributed by atoms with van der Waals surface area (Å²) >= 11 is 6.13. The van der Waals surface area contributed by atoms with E-state index in [-0.39, 0.29) is 6.04 Å². The van der Waals surface area contributed by atoms with E-state index in [2.05, 4.69) is 42.4 Å². The second-order valence-electron chi connectivity index (χ2n) is 6.93. The highest BCUT2D eigenvalue weighted by Crippen LogP contribution is 2.25. The van der Waals surface area contributed by atoms with Gasteiger partial charge in [-0.2, -0.15) is 0 Å². The fourth-order valence-electron chi connectivity index (χ4n) is 3.12. The topological polar surface area (TPSA) is 52.0 Å². The lowest BCUT2D eigenvalue weighted by atomic mass is 10.1. The van der Waals surface area contributed by atoms with E-state index in [4.69, 9.17) is 16.3 Å². The molecule has 0 bridgehead atoms.